The van der Waals surface area contributed by atoms with Gasteiger partial charge in [0.25, 0.3) is 0 Å². The lowest BCUT2D eigenvalue weighted by Crippen LogP contribution is -2.55. The molecule has 1 aliphatic rings. The van der Waals surface area contributed by atoms with Crippen LogP contribution in [-0.4, -0.2) is 11.8 Å². The van der Waals surface area contributed by atoms with Gasteiger partial charge in [0.15, 0.2) is 0 Å². The van der Waals surface area contributed by atoms with Crippen molar-refractivity contribution in [2.75, 3.05) is 9.80 Å². The molecule has 4 heteroatoms. The van der Waals surface area contributed by atoms with Crippen LogP contribution < -0.4 is 9.80 Å². The van der Waals surface area contributed by atoms with Crippen LogP contribution in [0.15, 0.2) is 115 Å². The quantitative estimate of drug-likeness (QED) is 0.118. The van der Waals surface area contributed by atoms with E-state index in [0.29, 0.717) is 6.17 Å². The number of hydrogen-bond donors (Lipinski definition) is 0. The molecule has 0 atom stereocenters. The normalized spacial score (nSPS) is 14.3. The van der Waals surface area contributed by atoms with Gasteiger partial charge in [-0.15, -0.1) is 0 Å². The van der Waals surface area contributed by atoms with Gasteiger partial charge in [0, 0.05) is 5.56 Å². The minimum absolute atomic E-state index is 0.157. The maximum atomic E-state index is 14.6. The summed E-state index contributed by atoms with van der Waals surface area (Å²) in [6.07, 6.45) is 0.387. The van der Waals surface area contributed by atoms with Crippen LogP contribution in [0, 0.1) is 6.17 Å². The Labute approximate surface area is 309 Å². The molecule has 6 aromatic rings. The van der Waals surface area contributed by atoms with E-state index in [-0.39, 0.29) is 41.9 Å². The molecule has 0 saturated carbocycles. The molecule has 1 heterocycles. The van der Waals surface area contributed by atoms with Crippen LogP contribution in [0.1, 0.15) is 113 Å². The van der Waals surface area contributed by atoms with Crippen LogP contribution in [0.4, 0.5) is 11.4 Å². The summed E-state index contributed by atoms with van der Waals surface area (Å²) in [5.74, 6) is 0.220. The summed E-state index contributed by atoms with van der Waals surface area (Å²) < 4.78 is 0. The molecule has 263 valence electrons. The van der Waals surface area contributed by atoms with Crippen LogP contribution in [0.25, 0.3) is 32.7 Å². The molecular weight excluding hydrogens is 637 g/mol. The van der Waals surface area contributed by atoms with Gasteiger partial charge < -0.3 is 0 Å². The molecule has 0 unspecified atom stereocenters. The largest absolute Gasteiger partial charge is 0.279 e. The number of nitrogens with zero attached hydrogens (tertiary/aromatic N) is 2. The third-order valence-electron chi connectivity index (χ3n) is 10.6. The van der Waals surface area contributed by atoms with E-state index in [0.717, 1.165) is 44.8 Å². The molecular formula is C48H49N2O2. The lowest BCUT2D eigenvalue weighted by Gasteiger charge is -2.45. The van der Waals surface area contributed by atoms with Crippen LogP contribution in [0.5, 0.6) is 0 Å². The van der Waals surface area contributed by atoms with Crippen molar-refractivity contribution in [3.05, 3.63) is 149 Å². The zero-order valence-electron chi connectivity index (χ0n) is 31.7. The van der Waals surface area contributed by atoms with E-state index in [4.69, 9.17) is 0 Å². The number of para-hydroxylation sites is 2. The molecule has 1 fully saturated rings. The first-order chi connectivity index (χ1) is 25.0. The summed E-state index contributed by atoms with van der Waals surface area (Å²) in [6.45, 7) is 17.4. The number of anilines is 2. The van der Waals surface area contributed by atoms with Crippen LogP contribution in [0.3, 0.4) is 0 Å². The van der Waals surface area contributed by atoms with Crippen molar-refractivity contribution in [1.82, 2.24) is 0 Å². The maximum absolute atomic E-state index is 14.6. The van der Waals surface area contributed by atoms with Crippen molar-refractivity contribution >= 4 is 44.7 Å². The fraction of sp³-hybridized carbons (Fsp3) is 0.271. The second-order valence-corrected chi connectivity index (χ2v) is 15.4. The highest BCUT2D eigenvalue weighted by atomic mass is 16.2. The molecule has 7 rings (SSSR count). The SMILES string of the molecule is CC(C)c1cccc(C(C)C)c1N1[C](c2ccc(-c3c4ccccc4cc4ccccc34)cc2)N(c2c(C(C)C)cccc2C(C)C)C(=O)CC1=O. The first-order valence-electron chi connectivity index (χ1n) is 18.8. The summed E-state index contributed by atoms with van der Waals surface area (Å²) >= 11 is 0. The van der Waals surface area contributed by atoms with E-state index in [2.05, 4.69) is 171 Å². The van der Waals surface area contributed by atoms with E-state index in [1.165, 1.54) is 27.1 Å². The monoisotopic (exact) mass is 685 g/mol. The molecule has 0 spiro atoms. The van der Waals surface area contributed by atoms with Crippen LogP contribution in [-0.2, 0) is 9.59 Å². The van der Waals surface area contributed by atoms with Crippen LogP contribution >= 0.6 is 0 Å². The number of fused-ring (bicyclic) bond motifs is 2. The molecule has 1 aliphatic heterocycles. The average Bonchev–Trinajstić information content (AvgIpc) is 3.13. The van der Waals surface area contributed by atoms with Gasteiger partial charge in [0.05, 0.1) is 11.4 Å². The fourth-order valence-electron chi connectivity index (χ4n) is 7.99. The van der Waals surface area contributed by atoms with E-state index in [1.54, 1.807) is 0 Å². The van der Waals surface area contributed by atoms with Gasteiger partial charge in [0.1, 0.15) is 6.42 Å². The first kappa shape index (κ1) is 35.2. The van der Waals surface area contributed by atoms with Gasteiger partial charge in [-0.05, 0) is 84.7 Å². The van der Waals surface area contributed by atoms with Gasteiger partial charge in [0.2, 0.25) is 18.0 Å². The summed E-state index contributed by atoms with van der Waals surface area (Å²) in [4.78, 5) is 33.0. The number of carbonyl (C=O) groups excluding carboxylic acids is 2. The second-order valence-electron chi connectivity index (χ2n) is 15.4. The molecule has 6 aromatic carbocycles. The number of rotatable bonds is 8. The zero-order chi connectivity index (χ0) is 36.8. The minimum Gasteiger partial charge on any atom is -0.279 e. The maximum Gasteiger partial charge on any atom is 0.238 e. The Kier molecular flexibility index (Phi) is 9.52. The Morgan fingerprint density at radius 3 is 1.19 bits per heavy atom. The highest BCUT2D eigenvalue weighted by Crippen LogP contribution is 2.47. The number of benzene rings is 6. The lowest BCUT2D eigenvalue weighted by atomic mass is 9.88. The lowest BCUT2D eigenvalue weighted by molar-refractivity contribution is -0.128. The zero-order valence-corrected chi connectivity index (χ0v) is 31.7. The Morgan fingerprint density at radius 1 is 0.442 bits per heavy atom. The van der Waals surface area contributed by atoms with E-state index in [1.807, 2.05) is 9.80 Å². The number of amides is 2. The topological polar surface area (TPSA) is 40.6 Å². The van der Waals surface area contributed by atoms with Gasteiger partial charge in [-0.1, -0.05) is 165 Å². The van der Waals surface area contributed by atoms with Crippen LogP contribution in [0.2, 0.25) is 0 Å². The molecule has 0 bridgehead atoms. The van der Waals surface area contributed by atoms with Gasteiger partial charge in [-0.25, -0.2) is 0 Å². The van der Waals surface area contributed by atoms with Crippen molar-refractivity contribution in [2.45, 2.75) is 85.5 Å². The summed E-state index contributed by atoms with van der Waals surface area (Å²) in [6, 6.07) is 40.6. The van der Waals surface area contributed by atoms with Gasteiger partial charge in [-0.3, -0.25) is 19.4 Å². The molecule has 0 aliphatic carbocycles. The van der Waals surface area contributed by atoms with Crippen molar-refractivity contribution in [3.8, 4) is 11.1 Å². The Balaban J connectivity index is 1.51. The number of carbonyl (C=O) groups is 2. The molecule has 52 heavy (non-hydrogen) atoms. The molecule has 4 nitrogen and oxygen atoms in total. The first-order valence-corrected chi connectivity index (χ1v) is 18.8. The van der Waals surface area contributed by atoms with E-state index >= 15 is 0 Å². The van der Waals surface area contributed by atoms with Gasteiger partial charge >= 0.3 is 0 Å². The third kappa shape index (κ3) is 6.08. The Hall–Kier alpha value is -5.22. The van der Waals surface area contributed by atoms with Crippen molar-refractivity contribution in [1.29, 1.82) is 0 Å². The summed E-state index contributed by atoms with van der Waals surface area (Å²) in [7, 11) is 0. The smallest absolute Gasteiger partial charge is 0.238 e. The highest BCUT2D eigenvalue weighted by Gasteiger charge is 2.46. The summed E-state index contributed by atoms with van der Waals surface area (Å²) in [5.41, 5.74) is 9.21. The molecule has 2 amide bonds. The molecule has 1 saturated heterocycles. The molecule has 0 aromatic heterocycles. The van der Waals surface area contributed by atoms with Crippen molar-refractivity contribution < 1.29 is 9.59 Å². The van der Waals surface area contributed by atoms with Gasteiger partial charge in [-0.2, -0.15) is 0 Å². The average molecular weight is 686 g/mol. The molecule has 0 N–H and O–H groups in total. The minimum atomic E-state index is -0.211. The predicted octanol–water partition coefficient (Wildman–Crippen LogP) is 12.5. The van der Waals surface area contributed by atoms with E-state index in [9.17, 15) is 9.59 Å². The van der Waals surface area contributed by atoms with Crippen molar-refractivity contribution in [3.63, 3.8) is 0 Å². The Morgan fingerprint density at radius 2 is 0.808 bits per heavy atom. The fourth-order valence-corrected chi connectivity index (χ4v) is 7.99. The highest BCUT2D eigenvalue weighted by molar-refractivity contribution is 6.19. The molecule has 1 radical (unpaired) electrons. The third-order valence-corrected chi connectivity index (χ3v) is 10.6. The van der Waals surface area contributed by atoms with Crippen molar-refractivity contribution in [2.24, 2.45) is 0 Å². The predicted molar refractivity (Wildman–Crippen MR) is 218 cm³/mol. The van der Waals surface area contributed by atoms with E-state index < -0.39 is 0 Å². The number of hydrogen-bond acceptors (Lipinski definition) is 2. The standard InChI is InChI=1S/C48H49N2O2/c1-29(2)37-19-13-20-38(30(3)4)46(37)49-43(51)28-44(52)50(47-39(31(5)6)21-14-22-40(47)32(7)8)48(49)34-25-23-33(24-26-34)45-41-17-11-9-15-35(41)27-36-16-10-12-18-42(36)45/h9-27,29-32H,28H2,1-8H3. The summed E-state index contributed by atoms with van der Waals surface area (Å²) in [5, 5.41) is 4.75. The second kappa shape index (κ2) is 14.1. The Bertz CT molecular complexity index is 2110.